The molecule has 3 heterocycles. The van der Waals surface area contributed by atoms with Crippen LogP contribution in [0.4, 0.5) is 0 Å². The van der Waals surface area contributed by atoms with Crippen LogP contribution in [-0.4, -0.2) is 26.1 Å². The minimum atomic E-state index is 0.0347. The summed E-state index contributed by atoms with van der Waals surface area (Å²) in [5.74, 6) is 0. The molecule has 1 N–H and O–H groups in total. The second-order valence-electron chi connectivity index (χ2n) is 7.05. The first-order valence-electron chi connectivity index (χ1n) is 9.44. The van der Waals surface area contributed by atoms with Crippen LogP contribution in [0.15, 0.2) is 59.2 Å². The van der Waals surface area contributed by atoms with E-state index in [0.29, 0.717) is 0 Å². The van der Waals surface area contributed by atoms with Gasteiger partial charge in [-0.15, -0.1) is 0 Å². The number of hydrogen-bond donors (Lipinski definition) is 1. The highest BCUT2D eigenvalue weighted by molar-refractivity contribution is 9.10. The van der Waals surface area contributed by atoms with Gasteiger partial charge in [0.15, 0.2) is 5.11 Å². The molecule has 0 amide bonds. The van der Waals surface area contributed by atoms with E-state index >= 15 is 0 Å². The van der Waals surface area contributed by atoms with Crippen LogP contribution in [-0.2, 0) is 0 Å². The van der Waals surface area contributed by atoms with Crippen molar-refractivity contribution < 1.29 is 0 Å². The van der Waals surface area contributed by atoms with E-state index in [2.05, 4.69) is 92.9 Å². The van der Waals surface area contributed by atoms with E-state index in [9.17, 15) is 0 Å². The summed E-state index contributed by atoms with van der Waals surface area (Å²) < 4.78 is 3.39. The van der Waals surface area contributed by atoms with Crippen molar-refractivity contribution in [2.75, 3.05) is 6.54 Å². The number of nitrogens with one attached hydrogen (secondary N) is 1. The summed E-state index contributed by atoms with van der Waals surface area (Å²) in [6.07, 6.45) is 1.84. The molecule has 1 fully saturated rings. The quantitative estimate of drug-likeness (QED) is 0.546. The first-order chi connectivity index (χ1) is 13.5. The number of benzene rings is 1. The maximum Gasteiger partial charge on any atom is 0.170 e. The van der Waals surface area contributed by atoms with E-state index in [1.165, 1.54) is 17.0 Å². The molecule has 28 heavy (non-hydrogen) atoms. The number of thiocarbonyl (C=S) groups is 1. The second kappa shape index (κ2) is 7.68. The second-order valence-corrected chi connectivity index (χ2v) is 8.35. The zero-order chi connectivity index (χ0) is 19.8. The van der Waals surface area contributed by atoms with Crippen molar-refractivity contribution in [3.8, 4) is 5.69 Å². The van der Waals surface area contributed by atoms with E-state index < -0.39 is 0 Å². The Balaban J connectivity index is 1.82. The topological polar surface area (TPSA) is 33.1 Å². The van der Waals surface area contributed by atoms with Crippen molar-refractivity contribution in [1.82, 2.24) is 19.8 Å². The van der Waals surface area contributed by atoms with Gasteiger partial charge in [-0.1, -0.05) is 22.0 Å². The summed E-state index contributed by atoms with van der Waals surface area (Å²) in [4.78, 5) is 6.87. The number of hydrogen-bond acceptors (Lipinski definition) is 2. The Labute approximate surface area is 179 Å². The molecule has 0 unspecified atom stereocenters. The highest BCUT2D eigenvalue weighted by Gasteiger charge is 2.40. The Bertz CT molecular complexity index is 997. The van der Waals surface area contributed by atoms with Gasteiger partial charge in [-0.25, -0.2) is 0 Å². The fourth-order valence-electron chi connectivity index (χ4n) is 4.16. The zero-order valence-electron chi connectivity index (χ0n) is 16.2. The van der Waals surface area contributed by atoms with Gasteiger partial charge in [-0.3, -0.25) is 4.98 Å². The van der Waals surface area contributed by atoms with Crippen molar-refractivity contribution in [2.45, 2.75) is 32.9 Å². The lowest BCUT2D eigenvalue weighted by molar-refractivity contribution is 0.329. The van der Waals surface area contributed by atoms with Crippen LogP contribution in [0.5, 0.6) is 0 Å². The normalized spacial score (nSPS) is 19.1. The third kappa shape index (κ3) is 3.25. The average molecular weight is 455 g/mol. The van der Waals surface area contributed by atoms with E-state index in [0.717, 1.165) is 27.5 Å². The monoisotopic (exact) mass is 454 g/mol. The van der Waals surface area contributed by atoms with E-state index in [1.54, 1.807) is 0 Å². The lowest BCUT2D eigenvalue weighted by atomic mass is 9.97. The SMILES string of the molecule is CCN1C(=S)N[C@@H](c2ccccn2)[C@H]1c1cc(C)n(-c2ccc(Br)cc2)c1C. The molecule has 1 aliphatic rings. The van der Waals surface area contributed by atoms with Gasteiger partial charge >= 0.3 is 0 Å². The van der Waals surface area contributed by atoms with Crippen LogP contribution < -0.4 is 5.32 Å². The summed E-state index contributed by atoms with van der Waals surface area (Å²) in [5, 5.41) is 4.29. The molecule has 3 aromatic rings. The maximum absolute atomic E-state index is 5.66. The molecule has 6 heteroatoms. The number of likely N-dealkylation sites (N-methyl/N-ethyl adjacent to an activating group) is 1. The first-order valence-corrected chi connectivity index (χ1v) is 10.6. The lowest BCUT2D eigenvalue weighted by Gasteiger charge is -2.27. The Morgan fingerprint density at radius 3 is 2.54 bits per heavy atom. The number of rotatable bonds is 4. The smallest absolute Gasteiger partial charge is 0.170 e. The van der Waals surface area contributed by atoms with Gasteiger partial charge in [0.25, 0.3) is 0 Å². The molecule has 144 valence electrons. The molecule has 1 saturated heterocycles. The molecule has 1 aliphatic heterocycles. The van der Waals surface area contributed by atoms with Gasteiger partial charge in [0.1, 0.15) is 0 Å². The molecule has 2 aromatic heterocycles. The molecule has 2 atom stereocenters. The van der Waals surface area contributed by atoms with Crippen LogP contribution in [0.25, 0.3) is 5.69 Å². The standard InChI is InChI=1S/C22H23BrN4S/c1-4-26-21(20(25-22(26)28)19-7-5-6-12-24-19)18-13-14(2)27(15(18)3)17-10-8-16(23)9-11-17/h5-13,20-21H,4H2,1-3H3,(H,25,28)/t20-,21+/m0/s1. The van der Waals surface area contributed by atoms with Crippen LogP contribution in [0.3, 0.4) is 0 Å². The fourth-order valence-corrected chi connectivity index (χ4v) is 4.79. The summed E-state index contributed by atoms with van der Waals surface area (Å²) in [7, 11) is 0. The van der Waals surface area contributed by atoms with Crippen molar-refractivity contribution in [3.63, 3.8) is 0 Å². The van der Waals surface area contributed by atoms with Crippen LogP contribution in [0.2, 0.25) is 0 Å². The Morgan fingerprint density at radius 2 is 1.89 bits per heavy atom. The summed E-state index contributed by atoms with van der Waals surface area (Å²) >= 11 is 9.19. The predicted molar refractivity (Wildman–Crippen MR) is 121 cm³/mol. The molecule has 0 bridgehead atoms. The molecule has 0 spiro atoms. The lowest BCUT2D eigenvalue weighted by Crippen LogP contribution is -2.29. The first kappa shape index (κ1) is 19.2. The molecule has 1 aromatic carbocycles. The molecular weight excluding hydrogens is 432 g/mol. The minimum Gasteiger partial charge on any atom is -0.352 e. The van der Waals surface area contributed by atoms with Crippen LogP contribution in [0.1, 0.15) is 41.7 Å². The van der Waals surface area contributed by atoms with E-state index in [-0.39, 0.29) is 12.1 Å². The largest absolute Gasteiger partial charge is 0.352 e. The average Bonchev–Trinajstić information content (AvgIpc) is 3.18. The van der Waals surface area contributed by atoms with Crippen molar-refractivity contribution >= 4 is 33.3 Å². The summed E-state index contributed by atoms with van der Waals surface area (Å²) in [6, 6.07) is 16.9. The Morgan fingerprint density at radius 1 is 1.14 bits per heavy atom. The number of nitrogens with zero attached hydrogens (tertiary/aromatic N) is 3. The van der Waals surface area contributed by atoms with Crippen molar-refractivity contribution in [3.05, 3.63) is 81.8 Å². The molecule has 4 nitrogen and oxygen atoms in total. The van der Waals surface area contributed by atoms with Crippen LogP contribution in [0, 0.1) is 13.8 Å². The predicted octanol–water partition coefficient (Wildman–Crippen LogP) is 5.24. The van der Waals surface area contributed by atoms with E-state index in [1.807, 2.05) is 18.3 Å². The van der Waals surface area contributed by atoms with E-state index in [4.69, 9.17) is 12.2 Å². The van der Waals surface area contributed by atoms with Gasteiger partial charge < -0.3 is 14.8 Å². The van der Waals surface area contributed by atoms with Crippen molar-refractivity contribution in [1.29, 1.82) is 0 Å². The van der Waals surface area contributed by atoms with Gasteiger partial charge in [0, 0.05) is 34.3 Å². The van der Waals surface area contributed by atoms with Crippen LogP contribution >= 0.6 is 28.1 Å². The highest BCUT2D eigenvalue weighted by atomic mass is 79.9. The van der Waals surface area contributed by atoms with Gasteiger partial charge in [-0.2, -0.15) is 0 Å². The minimum absolute atomic E-state index is 0.0347. The zero-order valence-corrected chi connectivity index (χ0v) is 18.6. The number of halogens is 1. The Hall–Kier alpha value is -2.18. The molecular formula is C22H23BrN4S. The third-order valence-electron chi connectivity index (χ3n) is 5.41. The summed E-state index contributed by atoms with van der Waals surface area (Å²) in [6.45, 7) is 7.35. The highest BCUT2D eigenvalue weighted by Crippen LogP contribution is 2.41. The summed E-state index contributed by atoms with van der Waals surface area (Å²) in [5.41, 5.74) is 5.90. The van der Waals surface area contributed by atoms with Crippen molar-refractivity contribution in [2.24, 2.45) is 0 Å². The number of pyridine rings is 1. The fraction of sp³-hybridized carbons (Fsp3) is 0.273. The Kier molecular flexibility index (Phi) is 5.25. The number of aryl methyl sites for hydroxylation is 1. The molecule has 0 aliphatic carbocycles. The molecule has 0 saturated carbocycles. The van der Waals surface area contributed by atoms with Gasteiger partial charge in [0.05, 0.1) is 17.8 Å². The third-order valence-corrected chi connectivity index (χ3v) is 6.29. The van der Waals surface area contributed by atoms with Gasteiger partial charge in [0.2, 0.25) is 0 Å². The maximum atomic E-state index is 5.66. The molecule has 4 rings (SSSR count). The molecule has 0 radical (unpaired) electrons. The van der Waals surface area contributed by atoms with Gasteiger partial charge in [-0.05, 0) is 81.0 Å². The number of aromatic nitrogens is 2.